The zero-order valence-corrected chi connectivity index (χ0v) is 7.02. The van der Waals surface area contributed by atoms with Gasteiger partial charge >= 0.3 is 0 Å². The lowest BCUT2D eigenvalue weighted by Crippen LogP contribution is -2.17. The second-order valence-electron chi connectivity index (χ2n) is 2.09. The summed E-state index contributed by atoms with van der Waals surface area (Å²) < 4.78 is 10.4. The van der Waals surface area contributed by atoms with Crippen molar-refractivity contribution in [1.29, 1.82) is 0 Å². The molecule has 0 aromatic rings. The zero-order chi connectivity index (χ0) is 7.98. The molecule has 0 amide bonds. The van der Waals surface area contributed by atoms with E-state index in [2.05, 4.69) is 6.58 Å². The highest BCUT2D eigenvalue weighted by Gasteiger charge is 2.06. The summed E-state index contributed by atoms with van der Waals surface area (Å²) in [5, 5.41) is 0. The van der Waals surface area contributed by atoms with Crippen molar-refractivity contribution in [3.05, 3.63) is 12.2 Å². The summed E-state index contributed by atoms with van der Waals surface area (Å²) >= 11 is 0. The zero-order valence-electron chi connectivity index (χ0n) is 7.02. The van der Waals surface area contributed by atoms with Gasteiger partial charge in [0.1, 0.15) is 0 Å². The maximum atomic E-state index is 5.22. The van der Waals surface area contributed by atoms with E-state index < -0.39 is 0 Å². The van der Waals surface area contributed by atoms with Crippen molar-refractivity contribution in [2.45, 2.75) is 27.1 Å². The van der Waals surface area contributed by atoms with Crippen LogP contribution in [0.2, 0.25) is 0 Å². The van der Waals surface area contributed by atoms with Gasteiger partial charge in [-0.05, 0) is 26.3 Å². The number of hydrogen-bond acceptors (Lipinski definition) is 2. The SMILES string of the molecule is C=C(C)C(OCC)OCC. The molecule has 0 unspecified atom stereocenters. The molecular formula is C8H16O2. The second-order valence-corrected chi connectivity index (χ2v) is 2.09. The van der Waals surface area contributed by atoms with E-state index in [-0.39, 0.29) is 6.29 Å². The van der Waals surface area contributed by atoms with Crippen LogP contribution in [0.25, 0.3) is 0 Å². The van der Waals surface area contributed by atoms with Crippen molar-refractivity contribution < 1.29 is 9.47 Å². The molecule has 0 bridgehead atoms. The van der Waals surface area contributed by atoms with Gasteiger partial charge in [0.2, 0.25) is 0 Å². The Hall–Kier alpha value is -0.340. The normalized spacial score (nSPS) is 10.4. The molecule has 0 atom stereocenters. The van der Waals surface area contributed by atoms with Crippen molar-refractivity contribution in [3.63, 3.8) is 0 Å². The number of hydrogen-bond donors (Lipinski definition) is 0. The Balaban J connectivity index is 3.61. The van der Waals surface area contributed by atoms with E-state index in [9.17, 15) is 0 Å². The van der Waals surface area contributed by atoms with Crippen LogP contribution in [0.4, 0.5) is 0 Å². The highest BCUT2D eigenvalue weighted by atomic mass is 16.7. The fourth-order valence-electron chi connectivity index (χ4n) is 0.635. The van der Waals surface area contributed by atoms with Gasteiger partial charge in [-0.3, -0.25) is 0 Å². The van der Waals surface area contributed by atoms with Crippen LogP contribution in [0.5, 0.6) is 0 Å². The average Bonchev–Trinajstić information content (AvgIpc) is 1.87. The highest BCUT2D eigenvalue weighted by Crippen LogP contribution is 2.04. The molecule has 0 saturated carbocycles. The molecule has 0 aliphatic heterocycles. The third-order valence-electron chi connectivity index (χ3n) is 1.04. The Kier molecular flexibility index (Phi) is 5.26. The summed E-state index contributed by atoms with van der Waals surface area (Å²) in [6.45, 7) is 10.8. The van der Waals surface area contributed by atoms with Crippen LogP contribution >= 0.6 is 0 Å². The second kappa shape index (κ2) is 5.45. The van der Waals surface area contributed by atoms with E-state index in [4.69, 9.17) is 9.47 Å². The fourth-order valence-corrected chi connectivity index (χ4v) is 0.635. The van der Waals surface area contributed by atoms with E-state index in [0.717, 1.165) is 5.57 Å². The Morgan fingerprint density at radius 3 is 1.90 bits per heavy atom. The Morgan fingerprint density at radius 1 is 1.30 bits per heavy atom. The summed E-state index contributed by atoms with van der Waals surface area (Å²) in [6.07, 6.45) is -0.213. The minimum Gasteiger partial charge on any atom is -0.349 e. The molecule has 0 aliphatic rings. The smallest absolute Gasteiger partial charge is 0.179 e. The first-order chi connectivity index (χ1) is 4.72. The van der Waals surface area contributed by atoms with Crippen molar-refractivity contribution in [2.75, 3.05) is 13.2 Å². The van der Waals surface area contributed by atoms with Crippen LogP contribution in [0.1, 0.15) is 20.8 Å². The van der Waals surface area contributed by atoms with Crippen LogP contribution in [-0.2, 0) is 9.47 Å². The van der Waals surface area contributed by atoms with Crippen LogP contribution in [0.3, 0.4) is 0 Å². The Bertz CT molecular complexity index is 93.4. The van der Waals surface area contributed by atoms with Crippen LogP contribution in [-0.4, -0.2) is 19.5 Å². The quantitative estimate of drug-likeness (QED) is 0.434. The van der Waals surface area contributed by atoms with Gasteiger partial charge in [0, 0.05) is 13.2 Å². The summed E-state index contributed by atoms with van der Waals surface area (Å²) in [6, 6.07) is 0. The molecule has 0 aliphatic carbocycles. The first kappa shape index (κ1) is 9.66. The molecule has 0 heterocycles. The average molecular weight is 144 g/mol. The number of rotatable bonds is 5. The standard InChI is InChI=1S/C8H16O2/c1-5-9-8(7(3)4)10-6-2/h8H,3,5-6H2,1-2,4H3. The molecule has 0 aromatic heterocycles. The van der Waals surface area contributed by atoms with E-state index in [1.807, 2.05) is 20.8 Å². The van der Waals surface area contributed by atoms with Gasteiger partial charge in [0.15, 0.2) is 6.29 Å². The van der Waals surface area contributed by atoms with Crippen molar-refractivity contribution in [2.24, 2.45) is 0 Å². The summed E-state index contributed by atoms with van der Waals surface area (Å²) in [5.41, 5.74) is 0.920. The lowest BCUT2D eigenvalue weighted by Gasteiger charge is -2.15. The van der Waals surface area contributed by atoms with Gasteiger partial charge in [0.05, 0.1) is 0 Å². The molecule has 0 fully saturated rings. The molecule has 0 spiro atoms. The predicted molar refractivity (Wildman–Crippen MR) is 41.9 cm³/mol. The van der Waals surface area contributed by atoms with Crippen LogP contribution < -0.4 is 0 Å². The number of ether oxygens (including phenoxy) is 2. The molecule has 2 nitrogen and oxygen atoms in total. The fraction of sp³-hybridized carbons (Fsp3) is 0.750. The first-order valence-corrected chi connectivity index (χ1v) is 3.61. The van der Waals surface area contributed by atoms with Gasteiger partial charge in [-0.25, -0.2) is 0 Å². The predicted octanol–water partition coefficient (Wildman–Crippen LogP) is 1.96. The van der Waals surface area contributed by atoms with Crippen molar-refractivity contribution in [3.8, 4) is 0 Å². The minimum absolute atomic E-state index is 0.213. The van der Waals surface area contributed by atoms with Gasteiger partial charge in [-0.1, -0.05) is 6.58 Å². The van der Waals surface area contributed by atoms with E-state index in [1.54, 1.807) is 0 Å². The maximum Gasteiger partial charge on any atom is 0.179 e. The topological polar surface area (TPSA) is 18.5 Å². The molecule has 60 valence electrons. The summed E-state index contributed by atoms with van der Waals surface area (Å²) in [4.78, 5) is 0. The summed E-state index contributed by atoms with van der Waals surface area (Å²) in [7, 11) is 0. The Morgan fingerprint density at radius 2 is 1.70 bits per heavy atom. The van der Waals surface area contributed by atoms with Gasteiger partial charge < -0.3 is 9.47 Å². The van der Waals surface area contributed by atoms with Gasteiger partial charge in [-0.2, -0.15) is 0 Å². The van der Waals surface area contributed by atoms with E-state index in [1.165, 1.54) is 0 Å². The lowest BCUT2D eigenvalue weighted by molar-refractivity contribution is -0.110. The van der Waals surface area contributed by atoms with Crippen molar-refractivity contribution >= 4 is 0 Å². The first-order valence-electron chi connectivity index (χ1n) is 3.61. The Labute approximate surface area is 62.8 Å². The molecule has 0 N–H and O–H groups in total. The molecule has 0 radical (unpaired) electrons. The van der Waals surface area contributed by atoms with E-state index in [0.29, 0.717) is 13.2 Å². The largest absolute Gasteiger partial charge is 0.349 e. The maximum absolute atomic E-state index is 5.22. The minimum atomic E-state index is -0.213. The molecule has 0 rings (SSSR count). The lowest BCUT2D eigenvalue weighted by atomic mass is 10.3. The van der Waals surface area contributed by atoms with Gasteiger partial charge in [0.25, 0.3) is 0 Å². The summed E-state index contributed by atoms with van der Waals surface area (Å²) in [5.74, 6) is 0. The van der Waals surface area contributed by atoms with Crippen LogP contribution in [0.15, 0.2) is 12.2 Å². The van der Waals surface area contributed by atoms with Gasteiger partial charge in [-0.15, -0.1) is 0 Å². The third-order valence-corrected chi connectivity index (χ3v) is 1.04. The molecule has 0 saturated heterocycles. The third kappa shape index (κ3) is 3.64. The highest BCUT2D eigenvalue weighted by molar-refractivity contribution is 4.92. The molecular weight excluding hydrogens is 128 g/mol. The molecule has 0 aromatic carbocycles. The molecule has 10 heavy (non-hydrogen) atoms. The monoisotopic (exact) mass is 144 g/mol. The van der Waals surface area contributed by atoms with Crippen LogP contribution in [0, 0.1) is 0 Å². The molecule has 2 heteroatoms. The van der Waals surface area contributed by atoms with Crippen molar-refractivity contribution in [1.82, 2.24) is 0 Å². The van der Waals surface area contributed by atoms with E-state index >= 15 is 0 Å².